The number of fused-ring (bicyclic) bond motifs is 1. The number of carboxylic acid groups (broad SMARTS) is 1. The predicted molar refractivity (Wildman–Crippen MR) is 173 cm³/mol. The van der Waals surface area contributed by atoms with Crippen LogP contribution in [-0.2, 0) is 11.2 Å². The Kier molecular flexibility index (Phi) is 11.7. The highest BCUT2D eigenvalue weighted by Crippen LogP contribution is 2.35. The van der Waals surface area contributed by atoms with E-state index in [1.165, 1.54) is 19.9 Å². The monoisotopic (exact) mass is 641 g/mol. The first-order chi connectivity index (χ1) is 21.7. The first kappa shape index (κ1) is 35.7. The SMILES string of the molecule is CC.CC[C@@H](Nc1cc(C)c(C(=O)N[C@@H](Cc2ccc(-c3ncc(C)cc3N(C)C)c3ncccc23)C(=O)O)c(F)c1)C(F)(F)F. The molecule has 8 nitrogen and oxygen atoms in total. The van der Waals surface area contributed by atoms with Crippen molar-refractivity contribution in [1.82, 2.24) is 15.3 Å². The van der Waals surface area contributed by atoms with E-state index >= 15 is 4.39 Å². The number of amides is 1. The van der Waals surface area contributed by atoms with Gasteiger partial charge >= 0.3 is 12.1 Å². The molecule has 2 aromatic carbocycles. The van der Waals surface area contributed by atoms with Gasteiger partial charge in [0, 0.05) is 49.5 Å². The summed E-state index contributed by atoms with van der Waals surface area (Å²) in [6, 6.07) is 7.74. The summed E-state index contributed by atoms with van der Waals surface area (Å²) in [6.07, 6.45) is -1.60. The molecule has 0 bridgehead atoms. The molecule has 0 saturated carbocycles. The number of hydrogen-bond acceptors (Lipinski definition) is 6. The number of nitrogens with one attached hydrogen (secondary N) is 2. The van der Waals surface area contributed by atoms with Crippen molar-refractivity contribution in [1.29, 1.82) is 0 Å². The van der Waals surface area contributed by atoms with Crippen LogP contribution in [0.2, 0.25) is 0 Å². The molecular weight excluding hydrogens is 602 g/mol. The minimum atomic E-state index is -4.55. The zero-order valence-corrected chi connectivity index (χ0v) is 26.9. The molecule has 0 spiro atoms. The summed E-state index contributed by atoms with van der Waals surface area (Å²) >= 11 is 0. The third-order valence-electron chi connectivity index (χ3n) is 7.29. The predicted octanol–water partition coefficient (Wildman–Crippen LogP) is 7.32. The van der Waals surface area contributed by atoms with Crippen LogP contribution in [0.25, 0.3) is 22.2 Å². The Labute approximate surface area is 265 Å². The molecule has 2 heterocycles. The Balaban J connectivity index is 0.00000282. The van der Waals surface area contributed by atoms with Crippen molar-refractivity contribution in [3.63, 3.8) is 0 Å². The fourth-order valence-corrected chi connectivity index (χ4v) is 5.08. The molecule has 246 valence electrons. The van der Waals surface area contributed by atoms with Gasteiger partial charge in [0.05, 0.1) is 22.5 Å². The van der Waals surface area contributed by atoms with Crippen LogP contribution in [0.4, 0.5) is 28.9 Å². The van der Waals surface area contributed by atoms with Crippen molar-refractivity contribution in [2.75, 3.05) is 24.3 Å². The Morgan fingerprint density at radius 2 is 1.74 bits per heavy atom. The molecule has 0 unspecified atom stereocenters. The molecule has 0 aliphatic rings. The van der Waals surface area contributed by atoms with E-state index in [1.807, 2.05) is 45.8 Å². The first-order valence-corrected chi connectivity index (χ1v) is 14.9. The Morgan fingerprint density at radius 1 is 1.04 bits per heavy atom. The second-order valence-corrected chi connectivity index (χ2v) is 10.8. The summed E-state index contributed by atoms with van der Waals surface area (Å²) < 4.78 is 54.7. The third-order valence-corrected chi connectivity index (χ3v) is 7.29. The Morgan fingerprint density at radius 3 is 2.33 bits per heavy atom. The molecule has 2 aromatic heterocycles. The van der Waals surface area contributed by atoms with E-state index in [-0.39, 0.29) is 24.1 Å². The van der Waals surface area contributed by atoms with E-state index in [4.69, 9.17) is 0 Å². The van der Waals surface area contributed by atoms with Crippen LogP contribution in [0.1, 0.15) is 54.2 Å². The molecule has 46 heavy (non-hydrogen) atoms. The number of benzene rings is 2. The molecule has 0 fully saturated rings. The number of alkyl halides is 3. The van der Waals surface area contributed by atoms with Gasteiger partial charge in [0.15, 0.2) is 0 Å². The van der Waals surface area contributed by atoms with E-state index in [2.05, 4.69) is 20.6 Å². The molecule has 3 N–H and O–H groups in total. The van der Waals surface area contributed by atoms with Crippen molar-refractivity contribution in [3.8, 4) is 11.3 Å². The minimum Gasteiger partial charge on any atom is -0.480 e. The Hall–Kier alpha value is -4.74. The standard InChI is InChI=1S/C32H33F4N5O3.C2H6/c1-6-26(32(34,35)36)39-20-13-18(3)27(23(33)15-20)30(42)40-24(31(43)44)14-19-9-10-22(28-21(19)8-7-11-37-28)29-25(41(4)5)12-17(2)16-38-29;1-2/h7-13,15-16,24,26,39H,6,14H2,1-5H3,(H,40,42)(H,43,44);1-2H3/t24-,26+;/m0./s1. The average Bonchev–Trinajstić information content (AvgIpc) is 2.99. The number of pyridine rings is 2. The fraction of sp³-hybridized carbons (Fsp3) is 0.353. The number of aromatic nitrogens is 2. The van der Waals surface area contributed by atoms with Gasteiger partial charge in [-0.25, -0.2) is 9.18 Å². The van der Waals surface area contributed by atoms with Gasteiger partial charge in [-0.15, -0.1) is 0 Å². The van der Waals surface area contributed by atoms with Crippen molar-refractivity contribution >= 4 is 34.2 Å². The van der Waals surface area contributed by atoms with Gasteiger partial charge in [0.1, 0.15) is 17.9 Å². The highest BCUT2D eigenvalue weighted by molar-refractivity contribution is 6.00. The van der Waals surface area contributed by atoms with Crippen LogP contribution in [0.3, 0.4) is 0 Å². The van der Waals surface area contributed by atoms with Gasteiger partial charge in [0.2, 0.25) is 0 Å². The number of carbonyl (C=O) groups excluding carboxylic acids is 1. The Bertz CT molecular complexity index is 1690. The minimum absolute atomic E-state index is 0.0486. The van der Waals surface area contributed by atoms with Crippen LogP contribution < -0.4 is 15.5 Å². The number of hydrogen-bond donors (Lipinski definition) is 3. The maximum Gasteiger partial charge on any atom is 0.408 e. The summed E-state index contributed by atoms with van der Waals surface area (Å²) in [7, 11) is 3.81. The number of aliphatic carboxylic acids is 1. The normalized spacial score (nSPS) is 12.5. The maximum atomic E-state index is 15.1. The van der Waals surface area contributed by atoms with E-state index in [0.29, 0.717) is 22.2 Å². The number of anilines is 2. The van der Waals surface area contributed by atoms with Gasteiger partial charge in [-0.05, 0) is 61.2 Å². The van der Waals surface area contributed by atoms with Gasteiger partial charge in [-0.2, -0.15) is 13.2 Å². The lowest BCUT2D eigenvalue weighted by Gasteiger charge is -2.22. The van der Waals surface area contributed by atoms with Crippen molar-refractivity contribution in [2.45, 2.75) is 65.7 Å². The smallest absolute Gasteiger partial charge is 0.408 e. The number of carboxylic acids is 1. The zero-order chi connectivity index (χ0) is 34.3. The number of carbonyl (C=O) groups is 2. The summed E-state index contributed by atoms with van der Waals surface area (Å²) in [5, 5.41) is 15.3. The molecule has 4 aromatic rings. The van der Waals surface area contributed by atoms with E-state index in [1.54, 1.807) is 36.7 Å². The number of rotatable bonds is 10. The maximum absolute atomic E-state index is 15.1. The fourth-order valence-electron chi connectivity index (χ4n) is 5.08. The quantitative estimate of drug-likeness (QED) is 0.156. The van der Waals surface area contributed by atoms with Gasteiger partial charge in [-0.1, -0.05) is 39.0 Å². The van der Waals surface area contributed by atoms with Crippen molar-refractivity contribution < 1.29 is 32.3 Å². The summed E-state index contributed by atoms with van der Waals surface area (Å²) in [5.74, 6) is -3.42. The number of nitrogens with zero attached hydrogens (tertiary/aromatic N) is 3. The highest BCUT2D eigenvalue weighted by Gasteiger charge is 2.38. The topological polar surface area (TPSA) is 107 Å². The molecule has 0 aliphatic carbocycles. The van der Waals surface area contributed by atoms with Crippen LogP contribution in [0, 0.1) is 19.7 Å². The zero-order valence-electron chi connectivity index (χ0n) is 26.9. The molecule has 12 heteroatoms. The molecule has 0 aliphatic heterocycles. The number of aryl methyl sites for hydroxylation is 2. The van der Waals surface area contributed by atoms with Crippen LogP contribution in [0.15, 0.2) is 54.9 Å². The molecule has 4 rings (SSSR count). The van der Waals surface area contributed by atoms with E-state index in [9.17, 15) is 27.9 Å². The summed E-state index contributed by atoms with van der Waals surface area (Å²) in [5.41, 5.74) is 3.92. The van der Waals surface area contributed by atoms with Crippen molar-refractivity contribution in [2.24, 2.45) is 0 Å². The van der Waals surface area contributed by atoms with E-state index in [0.717, 1.165) is 22.9 Å². The summed E-state index contributed by atoms with van der Waals surface area (Å²) in [6.45, 7) is 8.65. The number of halogens is 4. The molecule has 2 atom stereocenters. The molecule has 0 saturated heterocycles. The lowest BCUT2D eigenvalue weighted by molar-refractivity contribution is -0.143. The van der Waals surface area contributed by atoms with Gasteiger partial charge in [0.25, 0.3) is 5.91 Å². The molecular formula is C34H39F4N5O3. The molecule has 0 radical (unpaired) electrons. The van der Waals surface area contributed by atoms with Crippen LogP contribution >= 0.6 is 0 Å². The second kappa shape index (κ2) is 15.0. The summed E-state index contributed by atoms with van der Waals surface area (Å²) in [4.78, 5) is 36.5. The van der Waals surface area contributed by atoms with Crippen molar-refractivity contribution in [3.05, 3.63) is 82.9 Å². The van der Waals surface area contributed by atoms with E-state index < -0.39 is 41.5 Å². The molecule has 1 amide bonds. The lowest BCUT2D eigenvalue weighted by Crippen LogP contribution is -2.43. The van der Waals surface area contributed by atoms with Crippen LogP contribution in [-0.4, -0.2) is 59.3 Å². The highest BCUT2D eigenvalue weighted by atomic mass is 19.4. The first-order valence-electron chi connectivity index (χ1n) is 14.9. The van der Waals surface area contributed by atoms with Gasteiger partial charge < -0.3 is 20.6 Å². The lowest BCUT2D eigenvalue weighted by atomic mass is 9.96. The largest absolute Gasteiger partial charge is 0.480 e. The third kappa shape index (κ3) is 8.09. The van der Waals surface area contributed by atoms with Gasteiger partial charge in [-0.3, -0.25) is 14.8 Å². The second-order valence-electron chi connectivity index (χ2n) is 10.8. The average molecular weight is 642 g/mol. The van der Waals surface area contributed by atoms with Crippen LogP contribution in [0.5, 0.6) is 0 Å².